The van der Waals surface area contributed by atoms with Gasteiger partial charge < -0.3 is 22.9 Å². The Morgan fingerprint density at radius 1 is 0.611 bits per heavy atom. The Morgan fingerprint density at radius 2 is 0.944 bits per heavy atom. The molecule has 0 aliphatic rings. The zero-order chi connectivity index (χ0) is 13.7. The monoisotopic (exact) mass is 252 g/mol. The van der Waals surface area contributed by atoms with E-state index in [2.05, 4.69) is 0 Å². The van der Waals surface area contributed by atoms with Gasteiger partial charge >= 0.3 is 0 Å². The topological polar surface area (TPSA) is 104 Å². The van der Waals surface area contributed by atoms with Gasteiger partial charge in [0.25, 0.3) is 0 Å². The van der Waals surface area contributed by atoms with Gasteiger partial charge in [-0.2, -0.15) is 0 Å². The van der Waals surface area contributed by atoms with Crippen LogP contribution in [0.5, 0.6) is 0 Å². The van der Waals surface area contributed by atoms with Crippen molar-refractivity contribution >= 4 is 22.7 Å². The summed E-state index contributed by atoms with van der Waals surface area (Å²) in [5, 5.41) is 0. The third-order valence-corrected chi connectivity index (χ3v) is 2.05. The maximum atomic E-state index is 12.4. The smallest absolute Gasteiger partial charge is 0.148 e. The third kappa shape index (κ3) is 3.82. The molecule has 0 aromatic heterocycles. The van der Waals surface area contributed by atoms with E-state index in [0.717, 1.165) is 0 Å². The van der Waals surface area contributed by atoms with E-state index in [4.69, 9.17) is 22.9 Å². The molecule has 0 saturated heterocycles. The van der Waals surface area contributed by atoms with Gasteiger partial charge in [0.05, 0.1) is 11.4 Å². The van der Waals surface area contributed by atoms with Crippen molar-refractivity contribution < 1.29 is 8.78 Å². The first-order valence-electron chi connectivity index (χ1n) is 5.01. The minimum absolute atomic E-state index is 0.129. The zero-order valence-corrected chi connectivity index (χ0v) is 9.53. The number of nitrogens with two attached hydrogens (primary N) is 4. The second kappa shape index (κ2) is 5.72. The van der Waals surface area contributed by atoms with Crippen LogP contribution in [0.25, 0.3) is 0 Å². The minimum atomic E-state index is -0.463. The Labute approximate surface area is 103 Å². The van der Waals surface area contributed by atoms with Crippen molar-refractivity contribution in [2.75, 3.05) is 22.9 Å². The molecule has 96 valence electrons. The molecular formula is C12H14F2N4. The molecule has 18 heavy (non-hydrogen) atoms. The van der Waals surface area contributed by atoms with Crippen molar-refractivity contribution in [3.63, 3.8) is 0 Å². The lowest BCUT2D eigenvalue weighted by molar-refractivity contribution is 0.633. The van der Waals surface area contributed by atoms with Crippen LogP contribution in [0.1, 0.15) is 0 Å². The summed E-state index contributed by atoms with van der Waals surface area (Å²) in [5.41, 5.74) is 21.8. The summed E-state index contributed by atoms with van der Waals surface area (Å²) >= 11 is 0. The van der Waals surface area contributed by atoms with Gasteiger partial charge in [0.1, 0.15) is 11.6 Å². The molecule has 8 N–H and O–H groups in total. The molecule has 0 aliphatic heterocycles. The largest absolute Gasteiger partial charge is 0.399 e. The van der Waals surface area contributed by atoms with Crippen molar-refractivity contribution in [2.45, 2.75) is 0 Å². The van der Waals surface area contributed by atoms with Gasteiger partial charge in [-0.05, 0) is 36.4 Å². The van der Waals surface area contributed by atoms with Gasteiger partial charge in [-0.15, -0.1) is 0 Å². The highest BCUT2D eigenvalue weighted by Gasteiger charge is 1.95. The molecule has 0 radical (unpaired) electrons. The first-order chi connectivity index (χ1) is 8.40. The molecule has 0 atom stereocenters. The molecule has 0 saturated carbocycles. The Hall–Kier alpha value is -2.50. The number of benzene rings is 2. The van der Waals surface area contributed by atoms with Crippen LogP contribution in [0, 0.1) is 11.6 Å². The molecule has 0 spiro atoms. The summed E-state index contributed by atoms with van der Waals surface area (Å²) in [7, 11) is 0. The number of rotatable bonds is 0. The van der Waals surface area contributed by atoms with Gasteiger partial charge in [0.15, 0.2) is 0 Å². The molecule has 6 heteroatoms. The van der Waals surface area contributed by atoms with E-state index in [1.165, 1.54) is 24.3 Å². The predicted octanol–water partition coefficient (Wildman–Crippen LogP) is 1.98. The second-order valence-electron chi connectivity index (χ2n) is 3.56. The van der Waals surface area contributed by atoms with Gasteiger partial charge in [-0.1, -0.05) is 0 Å². The van der Waals surface area contributed by atoms with Crippen molar-refractivity contribution in [3.8, 4) is 0 Å². The van der Waals surface area contributed by atoms with Crippen LogP contribution >= 0.6 is 0 Å². The van der Waals surface area contributed by atoms with Crippen LogP contribution in [0.2, 0.25) is 0 Å². The Bertz CT molecular complexity index is 494. The number of anilines is 4. The molecule has 0 fully saturated rings. The van der Waals surface area contributed by atoms with Gasteiger partial charge in [-0.3, -0.25) is 0 Å². The molecular weight excluding hydrogens is 238 g/mol. The van der Waals surface area contributed by atoms with Crippen LogP contribution in [0.3, 0.4) is 0 Å². The lowest BCUT2D eigenvalue weighted by Gasteiger charge is -1.95. The van der Waals surface area contributed by atoms with Crippen LogP contribution in [0.4, 0.5) is 31.5 Å². The van der Waals surface area contributed by atoms with Gasteiger partial charge in [0.2, 0.25) is 0 Å². The predicted molar refractivity (Wildman–Crippen MR) is 70.4 cm³/mol. The van der Waals surface area contributed by atoms with E-state index in [-0.39, 0.29) is 11.4 Å². The van der Waals surface area contributed by atoms with Crippen molar-refractivity contribution in [1.29, 1.82) is 0 Å². The average molecular weight is 252 g/mol. The lowest BCUT2D eigenvalue weighted by atomic mass is 10.3. The zero-order valence-electron chi connectivity index (χ0n) is 9.53. The van der Waals surface area contributed by atoms with Crippen LogP contribution in [-0.4, -0.2) is 0 Å². The number of hydrogen-bond acceptors (Lipinski definition) is 4. The second-order valence-corrected chi connectivity index (χ2v) is 3.56. The van der Waals surface area contributed by atoms with Crippen molar-refractivity contribution in [3.05, 3.63) is 48.0 Å². The van der Waals surface area contributed by atoms with E-state index < -0.39 is 11.6 Å². The third-order valence-electron chi connectivity index (χ3n) is 2.05. The average Bonchev–Trinajstić information content (AvgIpc) is 2.30. The molecule has 0 aliphatic carbocycles. The maximum absolute atomic E-state index is 12.4. The number of nitrogen functional groups attached to an aromatic ring is 4. The molecule has 2 aromatic rings. The van der Waals surface area contributed by atoms with Crippen molar-refractivity contribution in [2.24, 2.45) is 0 Å². The molecule has 4 nitrogen and oxygen atoms in total. The van der Waals surface area contributed by atoms with E-state index in [9.17, 15) is 8.78 Å². The van der Waals surface area contributed by atoms with E-state index in [1.54, 1.807) is 12.1 Å². The Kier molecular flexibility index (Phi) is 4.31. The standard InChI is InChI=1S/2C6H7FN2/c2*7-5-3-4(8)1-2-6(5)9/h2*1-3H,8-9H2. The molecule has 0 heterocycles. The van der Waals surface area contributed by atoms with Crippen molar-refractivity contribution in [1.82, 2.24) is 0 Å². The lowest BCUT2D eigenvalue weighted by Crippen LogP contribution is -1.92. The Balaban J connectivity index is 0.000000180. The first-order valence-corrected chi connectivity index (χ1v) is 5.01. The summed E-state index contributed by atoms with van der Waals surface area (Å²) < 4.78 is 24.7. The molecule has 0 amide bonds. The Morgan fingerprint density at radius 3 is 1.17 bits per heavy atom. The summed E-state index contributed by atoms with van der Waals surface area (Å²) in [6.07, 6.45) is 0. The highest BCUT2D eigenvalue weighted by molar-refractivity contribution is 5.50. The SMILES string of the molecule is Nc1ccc(N)c(F)c1.Nc1ccc(N)c(F)c1. The minimum Gasteiger partial charge on any atom is -0.399 e. The van der Waals surface area contributed by atoms with Crippen LogP contribution in [0.15, 0.2) is 36.4 Å². The number of halogens is 2. The van der Waals surface area contributed by atoms with Gasteiger partial charge in [0, 0.05) is 11.4 Å². The van der Waals surface area contributed by atoms with Crippen LogP contribution in [-0.2, 0) is 0 Å². The molecule has 0 bridgehead atoms. The van der Waals surface area contributed by atoms with Crippen LogP contribution < -0.4 is 22.9 Å². The summed E-state index contributed by atoms with van der Waals surface area (Å²) in [6, 6.07) is 8.36. The van der Waals surface area contributed by atoms with E-state index >= 15 is 0 Å². The van der Waals surface area contributed by atoms with E-state index in [0.29, 0.717) is 11.4 Å². The maximum Gasteiger partial charge on any atom is 0.148 e. The fourth-order valence-electron chi connectivity index (χ4n) is 1.09. The summed E-state index contributed by atoms with van der Waals surface area (Å²) in [6.45, 7) is 0. The molecule has 0 unspecified atom stereocenters. The summed E-state index contributed by atoms with van der Waals surface area (Å²) in [4.78, 5) is 0. The quantitative estimate of drug-likeness (QED) is 0.538. The summed E-state index contributed by atoms with van der Waals surface area (Å²) in [5.74, 6) is -0.926. The fraction of sp³-hybridized carbons (Fsp3) is 0. The van der Waals surface area contributed by atoms with Gasteiger partial charge in [-0.25, -0.2) is 8.78 Å². The normalized spacial score (nSPS) is 9.44. The first kappa shape index (κ1) is 13.6. The highest BCUT2D eigenvalue weighted by atomic mass is 19.1. The number of hydrogen-bond donors (Lipinski definition) is 4. The molecule has 2 aromatic carbocycles. The fourth-order valence-corrected chi connectivity index (χ4v) is 1.09. The van der Waals surface area contributed by atoms with E-state index in [1.807, 2.05) is 0 Å². The molecule has 2 rings (SSSR count). The highest BCUT2D eigenvalue weighted by Crippen LogP contribution is 2.12.